The summed E-state index contributed by atoms with van der Waals surface area (Å²) in [6.07, 6.45) is 0.378. The van der Waals surface area contributed by atoms with E-state index in [2.05, 4.69) is 0 Å². The van der Waals surface area contributed by atoms with E-state index in [-0.39, 0.29) is 0 Å². The zero-order valence-electron chi connectivity index (χ0n) is 12.0. The number of fused-ring (bicyclic) bond motifs is 1. The third kappa shape index (κ3) is 5.01. The lowest BCUT2D eigenvalue weighted by Crippen LogP contribution is -2.32. The summed E-state index contributed by atoms with van der Waals surface area (Å²) in [5.74, 6) is -0.956. The van der Waals surface area contributed by atoms with E-state index in [1.807, 2.05) is 57.3 Å². The van der Waals surface area contributed by atoms with E-state index >= 15 is 0 Å². The largest absolute Gasteiger partial charge is 0.480 e. The van der Waals surface area contributed by atoms with Crippen molar-refractivity contribution in [3.63, 3.8) is 0 Å². The van der Waals surface area contributed by atoms with Gasteiger partial charge in [0.2, 0.25) is 0 Å². The first-order chi connectivity index (χ1) is 9.18. The van der Waals surface area contributed by atoms with Crippen molar-refractivity contribution in [2.45, 2.75) is 40.2 Å². The van der Waals surface area contributed by atoms with Gasteiger partial charge in [-0.1, -0.05) is 39.8 Å². The van der Waals surface area contributed by atoms with Crippen LogP contribution in [0.3, 0.4) is 0 Å². The number of carbonyl (C=O) groups is 1. The average Bonchev–Trinajstić information content (AvgIpc) is 2.92. The minimum atomic E-state index is -0.956. The first kappa shape index (κ1) is 17.6. The molecule has 0 aliphatic heterocycles. The van der Waals surface area contributed by atoms with Crippen LogP contribution >= 0.6 is 11.3 Å². The normalized spacial score (nSPS) is 10.8. The summed E-state index contributed by atoms with van der Waals surface area (Å²) in [6.45, 7) is 8.00. The highest BCUT2D eigenvalue weighted by atomic mass is 32.1. The van der Waals surface area contributed by atoms with Gasteiger partial charge in [-0.3, -0.25) is 4.79 Å². The quantitative estimate of drug-likeness (QED) is 0.896. The van der Waals surface area contributed by atoms with Crippen molar-refractivity contribution < 1.29 is 9.90 Å². The minimum absolute atomic E-state index is 0.378. The number of thiophene rings is 1. The molecule has 0 bridgehead atoms. The van der Waals surface area contributed by atoms with Crippen molar-refractivity contribution in [2.75, 3.05) is 0 Å². The zero-order chi connectivity index (χ0) is 14.8. The molecule has 2 rings (SSSR count). The molecule has 1 aromatic heterocycles. The Hall–Kier alpha value is -1.39. The van der Waals surface area contributed by atoms with Crippen LogP contribution in [-0.2, 0) is 11.2 Å². The number of hydrogen-bond donors (Lipinski definition) is 2. The van der Waals surface area contributed by atoms with Crippen LogP contribution in [0.25, 0.3) is 10.1 Å². The van der Waals surface area contributed by atoms with E-state index in [0.717, 1.165) is 10.9 Å². The van der Waals surface area contributed by atoms with Gasteiger partial charge in [-0.05, 0) is 34.9 Å². The fourth-order valence-corrected chi connectivity index (χ4v) is 2.39. The molecule has 0 amide bonds. The maximum atomic E-state index is 10.7. The van der Waals surface area contributed by atoms with Gasteiger partial charge in [0.05, 0.1) is 0 Å². The van der Waals surface area contributed by atoms with E-state index in [0.29, 0.717) is 6.42 Å². The van der Waals surface area contributed by atoms with Gasteiger partial charge in [0.15, 0.2) is 0 Å². The Balaban J connectivity index is 0.000000741. The number of carboxylic acids is 1. The van der Waals surface area contributed by atoms with Gasteiger partial charge in [0.25, 0.3) is 0 Å². The second-order valence-electron chi connectivity index (χ2n) is 3.40. The van der Waals surface area contributed by atoms with E-state index in [1.165, 1.54) is 4.70 Å². The second kappa shape index (κ2) is 9.53. The van der Waals surface area contributed by atoms with Crippen molar-refractivity contribution in [1.29, 1.82) is 0 Å². The van der Waals surface area contributed by atoms with E-state index in [1.54, 1.807) is 11.3 Å². The number of hydrogen-bond acceptors (Lipinski definition) is 3. The smallest absolute Gasteiger partial charge is 0.320 e. The number of aliphatic carboxylic acids is 1. The van der Waals surface area contributed by atoms with Crippen LogP contribution in [0.5, 0.6) is 0 Å². The molecule has 2 aromatic rings. The molecule has 3 N–H and O–H groups in total. The molecule has 106 valence electrons. The fourth-order valence-electron chi connectivity index (χ4n) is 1.56. The first-order valence-electron chi connectivity index (χ1n) is 6.62. The molecule has 0 aliphatic carbocycles. The highest BCUT2D eigenvalue weighted by molar-refractivity contribution is 7.17. The van der Waals surface area contributed by atoms with Crippen molar-refractivity contribution >= 4 is 27.4 Å². The first-order valence-corrected chi connectivity index (χ1v) is 7.50. The molecular formula is C15H23NO2S. The lowest BCUT2D eigenvalue weighted by Gasteiger charge is -2.07. The van der Waals surface area contributed by atoms with E-state index in [4.69, 9.17) is 10.8 Å². The summed E-state index contributed by atoms with van der Waals surface area (Å²) < 4.78 is 1.17. The molecule has 0 spiro atoms. The highest BCUT2D eigenvalue weighted by Crippen LogP contribution is 2.24. The molecule has 1 aromatic carbocycles. The van der Waals surface area contributed by atoms with Crippen LogP contribution in [0.1, 0.15) is 33.3 Å². The van der Waals surface area contributed by atoms with Gasteiger partial charge in [-0.2, -0.15) is 0 Å². The SMILES string of the molecule is CC.CC.N[C@H](Cc1cccc2sccc12)C(=O)O. The van der Waals surface area contributed by atoms with Crippen molar-refractivity contribution in [2.24, 2.45) is 5.73 Å². The van der Waals surface area contributed by atoms with Crippen molar-refractivity contribution in [3.05, 3.63) is 35.2 Å². The summed E-state index contributed by atoms with van der Waals surface area (Å²) in [6, 6.07) is 7.07. The Morgan fingerprint density at radius 2 is 1.89 bits per heavy atom. The van der Waals surface area contributed by atoms with Crippen LogP contribution in [0, 0.1) is 0 Å². The average molecular weight is 281 g/mol. The number of nitrogens with two attached hydrogens (primary N) is 1. The maximum absolute atomic E-state index is 10.7. The molecule has 0 saturated carbocycles. The van der Waals surface area contributed by atoms with Gasteiger partial charge in [-0.15, -0.1) is 11.3 Å². The molecular weight excluding hydrogens is 258 g/mol. The number of benzene rings is 1. The standard InChI is InChI=1S/C11H11NO2S.2C2H6/c12-9(11(13)14)6-7-2-1-3-10-8(7)4-5-15-10;2*1-2/h1-5,9H,6,12H2,(H,13,14);2*1-2H3/t9-;;/m1../s1. The lowest BCUT2D eigenvalue weighted by molar-refractivity contribution is -0.138. The summed E-state index contributed by atoms with van der Waals surface area (Å²) in [5, 5.41) is 11.9. The fraction of sp³-hybridized carbons (Fsp3) is 0.400. The van der Waals surface area contributed by atoms with Crippen LogP contribution < -0.4 is 5.73 Å². The Morgan fingerprint density at radius 1 is 1.26 bits per heavy atom. The third-order valence-corrected chi connectivity index (χ3v) is 3.23. The minimum Gasteiger partial charge on any atom is -0.480 e. The zero-order valence-corrected chi connectivity index (χ0v) is 12.8. The van der Waals surface area contributed by atoms with Crippen LogP contribution in [0.15, 0.2) is 29.6 Å². The molecule has 3 nitrogen and oxygen atoms in total. The summed E-state index contributed by atoms with van der Waals surface area (Å²) >= 11 is 1.65. The molecule has 0 aliphatic rings. The molecule has 0 radical (unpaired) electrons. The van der Waals surface area contributed by atoms with Crippen molar-refractivity contribution in [1.82, 2.24) is 0 Å². The highest BCUT2D eigenvalue weighted by Gasteiger charge is 2.13. The van der Waals surface area contributed by atoms with Gasteiger partial charge in [0.1, 0.15) is 6.04 Å². The Kier molecular flexibility index (Phi) is 8.83. The third-order valence-electron chi connectivity index (χ3n) is 2.34. The van der Waals surface area contributed by atoms with Crippen molar-refractivity contribution in [3.8, 4) is 0 Å². The molecule has 1 atom stereocenters. The summed E-state index contributed by atoms with van der Waals surface area (Å²) in [4.78, 5) is 10.7. The topological polar surface area (TPSA) is 63.3 Å². The lowest BCUT2D eigenvalue weighted by atomic mass is 10.0. The monoisotopic (exact) mass is 281 g/mol. The molecule has 4 heteroatoms. The second-order valence-corrected chi connectivity index (χ2v) is 4.35. The maximum Gasteiger partial charge on any atom is 0.320 e. The van der Waals surface area contributed by atoms with Gasteiger partial charge in [0, 0.05) is 4.70 Å². The van der Waals surface area contributed by atoms with Crippen LogP contribution in [-0.4, -0.2) is 17.1 Å². The Bertz CT molecular complexity index is 494. The van der Waals surface area contributed by atoms with E-state index < -0.39 is 12.0 Å². The molecule has 19 heavy (non-hydrogen) atoms. The van der Waals surface area contributed by atoms with Crippen LogP contribution in [0.4, 0.5) is 0 Å². The molecule has 0 fully saturated rings. The molecule has 0 unspecified atom stereocenters. The Labute approximate surface area is 119 Å². The predicted molar refractivity (Wildman–Crippen MR) is 83.8 cm³/mol. The van der Waals surface area contributed by atoms with Gasteiger partial charge >= 0.3 is 5.97 Å². The van der Waals surface area contributed by atoms with E-state index in [9.17, 15) is 4.79 Å². The number of rotatable bonds is 3. The van der Waals surface area contributed by atoms with Gasteiger partial charge in [-0.25, -0.2) is 0 Å². The predicted octanol–water partition coefficient (Wildman–Crippen LogP) is 3.91. The molecule has 0 saturated heterocycles. The Morgan fingerprint density at radius 3 is 2.47 bits per heavy atom. The summed E-state index contributed by atoms with van der Waals surface area (Å²) in [5.41, 5.74) is 6.52. The number of carboxylic acid groups (broad SMARTS) is 1. The van der Waals surface area contributed by atoms with Gasteiger partial charge < -0.3 is 10.8 Å². The van der Waals surface area contributed by atoms with Crippen LogP contribution in [0.2, 0.25) is 0 Å². The summed E-state index contributed by atoms with van der Waals surface area (Å²) in [7, 11) is 0. The molecule has 1 heterocycles.